The summed E-state index contributed by atoms with van der Waals surface area (Å²) in [7, 11) is 0. The number of rotatable bonds is 7. The van der Waals surface area contributed by atoms with Gasteiger partial charge >= 0.3 is 5.97 Å². The molecule has 1 atom stereocenters. The van der Waals surface area contributed by atoms with Gasteiger partial charge in [0.1, 0.15) is 0 Å². The molecule has 0 saturated heterocycles. The number of hydrogen-bond donors (Lipinski definition) is 3. The van der Waals surface area contributed by atoms with Gasteiger partial charge in [-0.25, -0.2) is 0 Å². The fourth-order valence-corrected chi connectivity index (χ4v) is 3.21. The summed E-state index contributed by atoms with van der Waals surface area (Å²) in [5, 5.41) is 13.0. The molecule has 5 heteroatoms. The van der Waals surface area contributed by atoms with Gasteiger partial charge in [0.25, 0.3) is 0 Å². The number of para-hydroxylation sites is 1. The van der Waals surface area contributed by atoms with E-state index in [1.165, 1.54) is 10.9 Å². The van der Waals surface area contributed by atoms with E-state index in [4.69, 9.17) is 5.11 Å². The van der Waals surface area contributed by atoms with Gasteiger partial charge in [0.15, 0.2) is 0 Å². The van der Waals surface area contributed by atoms with Crippen LogP contribution in [0.2, 0.25) is 0 Å². The van der Waals surface area contributed by atoms with Crippen molar-refractivity contribution in [3.63, 3.8) is 0 Å². The van der Waals surface area contributed by atoms with E-state index in [0.29, 0.717) is 19.3 Å². The van der Waals surface area contributed by atoms with Crippen LogP contribution in [0.25, 0.3) is 10.9 Å². The van der Waals surface area contributed by atoms with Crippen LogP contribution in [0, 0.1) is 12.8 Å². The molecule has 0 fully saturated rings. The molecule has 3 N–H and O–H groups in total. The van der Waals surface area contributed by atoms with E-state index in [9.17, 15) is 9.59 Å². The van der Waals surface area contributed by atoms with Crippen molar-refractivity contribution in [1.82, 2.24) is 4.98 Å². The molecular formula is C22H24N2O3. The summed E-state index contributed by atoms with van der Waals surface area (Å²) >= 11 is 0. The Morgan fingerprint density at radius 1 is 1.15 bits per heavy atom. The number of aliphatic carboxylic acids is 1. The number of fused-ring (bicyclic) bond motifs is 1. The Bertz CT molecular complexity index is 957. The number of anilines is 1. The number of aryl methyl sites for hydroxylation is 2. The monoisotopic (exact) mass is 364 g/mol. The van der Waals surface area contributed by atoms with Crippen molar-refractivity contribution in [2.75, 3.05) is 5.32 Å². The van der Waals surface area contributed by atoms with Crippen LogP contribution in [0.15, 0.2) is 48.7 Å². The second kappa shape index (κ2) is 8.08. The first-order valence-corrected chi connectivity index (χ1v) is 9.11. The predicted molar refractivity (Wildman–Crippen MR) is 107 cm³/mol. The van der Waals surface area contributed by atoms with E-state index in [0.717, 1.165) is 22.3 Å². The highest BCUT2D eigenvalue weighted by molar-refractivity contribution is 5.92. The Morgan fingerprint density at radius 2 is 1.89 bits per heavy atom. The van der Waals surface area contributed by atoms with Crippen LogP contribution in [0.1, 0.15) is 30.0 Å². The van der Waals surface area contributed by atoms with Crippen LogP contribution in [0.4, 0.5) is 5.69 Å². The molecule has 5 nitrogen and oxygen atoms in total. The summed E-state index contributed by atoms with van der Waals surface area (Å²) in [4.78, 5) is 26.5. The van der Waals surface area contributed by atoms with Crippen LogP contribution in [0.5, 0.6) is 0 Å². The number of H-pyrrole nitrogens is 1. The van der Waals surface area contributed by atoms with Gasteiger partial charge in [-0.1, -0.05) is 37.3 Å². The van der Waals surface area contributed by atoms with Crippen molar-refractivity contribution in [3.05, 3.63) is 65.4 Å². The molecule has 0 aliphatic rings. The number of amides is 1. The first kappa shape index (κ1) is 18.7. The van der Waals surface area contributed by atoms with Crippen LogP contribution < -0.4 is 5.32 Å². The van der Waals surface area contributed by atoms with Gasteiger partial charge in [0, 0.05) is 29.2 Å². The molecule has 27 heavy (non-hydrogen) atoms. The summed E-state index contributed by atoms with van der Waals surface area (Å²) in [6, 6.07) is 13.5. The normalized spacial score (nSPS) is 12.1. The fraction of sp³-hybridized carbons (Fsp3) is 0.273. The molecule has 3 rings (SSSR count). The van der Waals surface area contributed by atoms with Gasteiger partial charge in [-0.05, 0) is 48.6 Å². The average Bonchev–Trinajstić information content (AvgIpc) is 3.06. The maximum atomic E-state index is 12.3. The lowest BCUT2D eigenvalue weighted by Gasteiger charge is -2.08. The van der Waals surface area contributed by atoms with Crippen LogP contribution >= 0.6 is 0 Å². The smallest absolute Gasteiger partial charge is 0.306 e. The Hall–Kier alpha value is -3.08. The minimum absolute atomic E-state index is 0.0383. The highest BCUT2D eigenvalue weighted by Crippen LogP contribution is 2.22. The molecular weight excluding hydrogens is 340 g/mol. The van der Waals surface area contributed by atoms with Crippen molar-refractivity contribution in [3.8, 4) is 0 Å². The highest BCUT2D eigenvalue weighted by atomic mass is 16.4. The lowest BCUT2D eigenvalue weighted by atomic mass is 10.0. The molecule has 2 aromatic carbocycles. The number of carbonyl (C=O) groups excluding carboxylic acids is 1. The standard InChI is InChI=1S/C22H24N2O3/c1-14-4-3-5-19-17(13-23-21(14)19)8-11-20(25)24-18-9-6-16(7-10-18)12-15(2)22(26)27/h3-7,9-10,13,15,23H,8,11-12H2,1-2H3,(H,24,25)(H,26,27). The van der Waals surface area contributed by atoms with Crippen LogP contribution in [0.3, 0.4) is 0 Å². The van der Waals surface area contributed by atoms with Crippen LogP contribution in [-0.2, 0) is 22.4 Å². The van der Waals surface area contributed by atoms with E-state index < -0.39 is 11.9 Å². The van der Waals surface area contributed by atoms with E-state index in [1.54, 1.807) is 6.92 Å². The zero-order valence-electron chi connectivity index (χ0n) is 15.6. The molecule has 140 valence electrons. The number of benzene rings is 2. The van der Waals surface area contributed by atoms with E-state index in [2.05, 4.69) is 29.4 Å². The summed E-state index contributed by atoms with van der Waals surface area (Å²) in [6.45, 7) is 3.75. The summed E-state index contributed by atoms with van der Waals surface area (Å²) in [5.74, 6) is -1.27. The fourth-order valence-electron chi connectivity index (χ4n) is 3.21. The molecule has 1 unspecified atom stereocenters. The van der Waals surface area contributed by atoms with Gasteiger partial charge in [-0.2, -0.15) is 0 Å². The maximum absolute atomic E-state index is 12.3. The summed E-state index contributed by atoms with van der Waals surface area (Å²) < 4.78 is 0. The van der Waals surface area contributed by atoms with Crippen molar-refractivity contribution in [1.29, 1.82) is 0 Å². The number of aromatic nitrogens is 1. The average molecular weight is 364 g/mol. The molecule has 1 aromatic heterocycles. The zero-order valence-corrected chi connectivity index (χ0v) is 15.6. The Kier molecular flexibility index (Phi) is 5.60. The Morgan fingerprint density at radius 3 is 2.59 bits per heavy atom. The topological polar surface area (TPSA) is 82.2 Å². The summed E-state index contributed by atoms with van der Waals surface area (Å²) in [6.07, 6.45) is 3.52. The molecule has 0 bridgehead atoms. The van der Waals surface area contributed by atoms with Gasteiger partial charge in [-0.15, -0.1) is 0 Å². The molecule has 0 radical (unpaired) electrons. The largest absolute Gasteiger partial charge is 0.481 e. The molecule has 0 aliphatic heterocycles. The number of carboxylic acid groups (broad SMARTS) is 1. The lowest BCUT2D eigenvalue weighted by Crippen LogP contribution is -2.13. The SMILES string of the molecule is Cc1cccc2c(CCC(=O)Nc3ccc(CC(C)C(=O)O)cc3)c[nH]c12. The van der Waals surface area contributed by atoms with Crippen molar-refractivity contribution in [2.45, 2.75) is 33.1 Å². The minimum Gasteiger partial charge on any atom is -0.481 e. The molecule has 3 aromatic rings. The van der Waals surface area contributed by atoms with Gasteiger partial charge in [0.05, 0.1) is 5.92 Å². The van der Waals surface area contributed by atoms with E-state index >= 15 is 0 Å². The minimum atomic E-state index is -0.806. The third kappa shape index (κ3) is 4.56. The molecule has 1 amide bonds. The molecule has 0 spiro atoms. The number of carboxylic acids is 1. The molecule has 1 heterocycles. The van der Waals surface area contributed by atoms with Gasteiger partial charge < -0.3 is 15.4 Å². The van der Waals surface area contributed by atoms with E-state index in [-0.39, 0.29) is 5.91 Å². The highest BCUT2D eigenvalue weighted by Gasteiger charge is 2.12. The number of nitrogens with one attached hydrogen (secondary N) is 2. The van der Waals surface area contributed by atoms with Gasteiger partial charge in [-0.3, -0.25) is 9.59 Å². The summed E-state index contributed by atoms with van der Waals surface area (Å²) in [5.41, 5.74) is 5.13. The second-order valence-corrected chi connectivity index (χ2v) is 7.00. The Balaban J connectivity index is 1.56. The van der Waals surface area contributed by atoms with E-state index in [1.807, 2.05) is 36.5 Å². The van der Waals surface area contributed by atoms with Crippen molar-refractivity contribution < 1.29 is 14.7 Å². The quantitative estimate of drug-likeness (QED) is 0.584. The first-order chi connectivity index (χ1) is 12.9. The lowest BCUT2D eigenvalue weighted by molar-refractivity contribution is -0.141. The van der Waals surface area contributed by atoms with Crippen molar-refractivity contribution >= 4 is 28.5 Å². The third-order valence-corrected chi connectivity index (χ3v) is 4.83. The number of hydrogen-bond acceptors (Lipinski definition) is 2. The van der Waals surface area contributed by atoms with Gasteiger partial charge in [0.2, 0.25) is 5.91 Å². The second-order valence-electron chi connectivity index (χ2n) is 7.00. The van der Waals surface area contributed by atoms with Crippen LogP contribution in [-0.4, -0.2) is 22.0 Å². The molecule has 0 saturated carbocycles. The maximum Gasteiger partial charge on any atom is 0.306 e. The molecule has 0 aliphatic carbocycles. The number of aromatic amines is 1. The Labute approximate surface area is 158 Å². The number of carbonyl (C=O) groups is 2. The first-order valence-electron chi connectivity index (χ1n) is 9.11. The third-order valence-electron chi connectivity index (χ3n) is 4.83. The van der Waals surface area contributed by atoms with Crippen molar-refractivity contribution in [2.24, 2.45) is 5.92 Å². The predicted octanol–water partition coefficient (Wildman–Crippen LogP) is 4.31. The zero-order chi connectivity index (χ0) is 19.4.